The smallest absolute Gasteiger partial charge is 0.298 e. The Labute approximate surface area is 190 Å². The van der Waals surface area contributed by atoms with Crippen molar-refractivity contribution < 1.29 is 22.4 Å². The molecule has 1 N–H and O–H groups in total. The second kappa shape index (κ2) is 10.1. The van der Waals surface area contributed by atoms with Gasteiger partial charge in [-0.2, -0.15) is 8.42 Å². The molecule has 0 atom stereocenters. The molecule has 0 radical (unpaired) electrons. The van der Waals surface area contributed by atoms with Gasteiger partial charge in [-0.3, -0.25) is 4.55 Å². The highest BCUT2D eigenvalue weighted by molar-refractivity contribution is 7.86. The molecule has 7 nitrogen and oxygen atoms in total. The Morgan fingerprint density at radius 2 is 1.45 bits per heavy atom. The van der Waals surface area contributed by atoms with Gasteiger partial charge in [-0.05, 0) is 47.9 Å². The zero-order valence-corrected chi connectivity index (χ0v) is 18.2. The summed E-state index contributed by atoms with van der Waals surface area (Å²) in [5.41, 5.74) is 0. The van der Waals surface area contributed by atoms with E-state index >= 15 is 0 Å². The van der Waals surface area contributed by atoms with Crippen molar-refractivity contribution in [3.63, 3.8) is 0 Å². The van der Waals surface area contributed by atoms with Crippen LogP contribution in [0.4, 0.5) is 0 Å². The molecule has 0 aliphatic carbocycles. The topological polar surface area (TPSA) is 98.6 Å². The SMILES string of the molecule is C.COc1ccc2c(Cl)nccc2c1.COc1ccc2c(Cl)nccc2c1S(=O)(=O)O. The molecule has 0 saturated heterocycles. The highest BCUT2D eigenvalue weighted by Crippen LogP contribution is 2.34. The van der Waals surface area contributed by atoms with Crippen molar-refractivity contribution in [1.29, 1.82) is 0 Å². The van der Waals surface area contributed by atoms with E-state index in [1.807, 2.05) is 24.3 Å². The average Bonchev–Trinajstić information content (AvgIpc) is 2.72. The van der Waals surface area contributed by atoms with Gasteiger partial charge in [0.2, 0.25) is 0 Å². The van der Waals surface area contributed by atoms with Crippen LogP contribution in [-0.2, 0) is 10.1 Å². The zero-order chi connectivity index (χ0) is 21.9. The van der Waals surface area contributed by atoms with Gasteiger partial charge in [0.25, 0.3) is 10.1 Å². The minimum absolute atomic E-state index is 0. The van der Waals surface area contributed by atoms with E-state index in [2.05, 4.69) is 9.97 Å². The maximum atomic E-state index is 11.3. The van der Waals surface area contributed by atoms with Crippen molar-refractivity contribution in [3.05, 3.63) is 65.2 Å². The van der Waals surface area contributed by atoms with E-state index in [0.717, 1.165) is 16.5 Å². The Morgan fingerprint density at radius 3 is 2.06 bits per heavy atom. The number of aromatic nitrogens is 2. The number of ether oxygens (including phenoxy) is 2. The number of hydrogen-bond donors (Lipinski definition) is 1. The Bertz CT molecular complexity index is 1330. The first-order valence-corrected chi connectivity index (χ1v) is 10.6. The van der Waals surface area contributed by atoms with E-state index < -0.39 is 10.1 Å². The predicted octanol–water partition coefficient (Wildman–Crippen LogP) is 5.68. The molecule has 10 heteroatoms. The Hall–Kier alpha value is -2.65. The lowest BCUT2D eigenvalue weighted by molar-refractivity contribution is 0.399. The Morgan fingerprint density at radius 1 is 0.839 bits per heavy atom. The van der Waals surface area contributed by atoms with Crippen LogP contribution in [0.3, 0.4) is 0 Å². The van der Waals surface area contributed by atoms with E-state index in [1.54, 1.807) is 19.4 Å². The van der Waals surface area contributed by atoms with E-state index in [-0.39, 0.29) is 28.6 Å². The lowest BCUT2D eigenvalue weighted by Gasteiger charge is -2.09. The van der Waals surface area contributed by atoms with Crippen LogP contribution < -0.4 is 9.47 Å². The molecule has 2 aromatic carbocycles. The first kappa shape index (κ1) is 24.6. The molecular weight excluding hydrogens is 463 g/mol. The van der Waals surface area contributed by atoms with Gasteiger partial charge in [-0.15, -0.1) is 0 Å². The zero-order valence-electron chi connectivity index (χ0n) is 15.8. The molecule has 0 unspecified atom stereocenters. The molecule has 0 amide bonds. The fourth-order valence-electron chi connectivity index (χ4n) is 2.84. The van der Waals surface area contributed by atoms with Crippen LogP contribution >= 0.6 is 23.2 Å². The number of hydrogen-bond acceptors (Lipinski definition) is 6. The van der Waals surface area contributed by atoms with Crippen LogP contribution in [0.25, 0.3) is 21.5 Å². The molecule has 4 aromatic rings. The van der Waals surface area contributed by atoms with Crippen LogP contribution in [0.5, 0.6) is 11.5 Å². The molecule has 0 bridgehead atoms. The molecule has 0 aliphatic heterocycles. The van der Waals surface area contributed by atoms with Crippen molar-refractivity contribution >= 4 is 54.9 Å². The van der Waals surface area contributed by atoms with E-state index in [9.17, 15) is 13.0 Å². The number of nitrogens with zero attached hydrogens (tertiary/aromatic N) is 2. The van der Waals surface area contributed by atoms with Gasteiger partial charge in [0, 0.05) is 28.6 Å². The first-order valence-electron chi connectivity index (χ1n) is 8.43. The normalized spacial score (nSPS) is 10.7. The lowest BCUT2D eigenvalue weighted by atomic mass is 10.2. The third-order valence-corrected chi connectivity index (χ3v) is 5.75. The first-order chi connectivity index (χ1) is 14.3. The number of fused-ring (bicyclic) bond motifs is 2. The summed E-state index contributed by atoms with van der Waals surface area (Å²) in [6.07, 6.45) is 3.04. The van der Waals surface area contributed by atoms with E-state index in [0.29, 0.717) is 10.5 Å². The van der Waals surface area contributed by atoms with Crippen molar-refractivity contribution in [2.45, 2.75) is 12.3 Å². The molecule has 0 spiro atoms. The second-order valence-electron chi connectivity index (χ2n) is 5.96. The highest BCUT2D eigenvalue weighted by atomic mass is 35.5. The van der Waals surface area contributed by atoms with Gasteiger partial charge >= 0.3 is 0 Å². The summed E-state index contributed by atoms with van der Waals surface area (Å²) < 4.78 is 41.9. The number of benzene rings is 2. The molecule has 164 valence electrons. The molecular formula is C21H20Cl2N2O5S. The van der Waals surface area contributed by atoms with E-state index in [4.69, 9.17) is 32.7 Å². The summed E-state index contributed by atoms with van der Waals surface area (Å²) in [6.45, 7) is 0. The van der Waals surface area contributed by atoms with Gasteiger partial charge in [0.15, 0.2) is 0 Å². The molecule has 4 rings (SSSR count). The quantitative estimate of drug-likeness (QED) is 0.296. The van der Waals surface area contributed by atoms with Crippen LogP contribution in [0.1, 0.15) is 7.43 Å². The van der Waals surface area contributed by atoms with Crippen molar-refractivity contribution in [2.75, 3.05) is 14.2 Å². The summed E-state index contributed by atoms with van der Waals surface area (Å²) in [6, 6.07) is 12.1. The molecule has 31 heavy (non-hydrogen) atoms. The summed E-state index contributed by atoms with van der Waals surface area (Å²) >= 11 is 11.7. The maximum Gasteiger partial charge on any atom is 0.298 e. The minimum Gasteiger partial charge on any atom is -0.497 e. The number of methoxy groups -OCH3 is 2. The molecule has 2 heterocycles. The molecule has 0 saturated carbocycles. The second-order valence-corrected chi connectivity index (χ2v) is 8.03. The van der Waals surface area contributed by atoms with Gasteiger partial charge in [0.1, 0.15) is 26.7 Å². The summed E-state index contributed by atoms with van der Waals surface area (Å²) in [5.74, 6) is 0.886. The van der Waals surface area contributed by atoms with Crippen molar-refractivity contribution in [2.24, 2.45) is 0 Å². The monoisotopic (exact) mass is 482 g/mol. The Kier molecular flexibility index (Phi) is 8.02. The fraction of sp³-hybridized carbons (Fsp3) is 0.143. The maximum absolute atomic E-state index is 11.3. The highest BCUT2D eigenvalue weighted by Gasteiger charge is 2.21. The third kappa shape index (κ3) is 5.34. The predicted molar refractivity (Wildman–Crippen MR) is 123 cm³/mol. The summed E-state index contributed by atoms with van der Waals surface area (Å²) in [5, 5.41) is 3.38. The summed E-state index contributed by atoms with van der Waals surface area (Å²) in [4.78, 5) is 7.52. The molecule has 2 aromatic heterocycles. The van der Waals surface area contributed by atoms with Crippen molar-refractivity contribution in [1.82, 2.24) is 9.97 Å². The third-order valence-electron chi connectivity index (χ3n) is 4.21. The Balaban J connectivity index is 0.000000220. The van der Waals surface area contributed by atoms with Crippen LogP contribution in [0, 0.1) is 0 Å². The molecule has 0 fully saturated rings. The fourth-order valence-corrected chi connectivity index (χ4v) is 4.16. The number of pyridine rings is 2. The average molecular weight is 483 g/mol. The van der Waals surface area contributed by atoms with Gasteiger partial charge in [-0.25, -0.2) is 9.97 Å². The summed E-state index contributed by atoms with van der Waals surface area (Å²) in [7, 11) is -1.44. The van der Waals surface area contributed by atoms with Crippen LogP contribution in [-0.4, -0.2) is 37.2 Å². The van der Waals surface area contributed by atoms with Gasteiger partial charge in [-0.1, -0.05) is 30.6 Å². The van der Waals surface area contributed by atoms with Gasteiger partial charge in [0.05, 0.1) is 14.2 Å². The largest absolute Gasteiger partial charge is 0.497 e. The van der Waals surface area contributed by atoms with Crippen LogP contribution in [0.15, 0.2) is 59.8 Å². The number of rotatable bonds is 3. The molecule has 0 aliphatic rings. The van der Waals surface area contributed by atoms with Crippen molar-refractivity contribution in [3.8, 4) is 11.5 Å². The lowest BCUT2D eigenvalue weighted by Crippen LogP contribution is -2.02. The van der Waals surface area contributed by atoms with E-state index in [1.165, 1.54) is 25.4 Å². The van der Waals surface area contributed by atoms with Crippen LogP contribution in [0.2, 0.25) is 10.3 Å². The number of halogens is 2. The van der Waals surface area contributed by atoms with Gasteiger partial charge < -0.3 is 9.47 Å². The minimum atomic E-state index is -4.40. The standard InChI is InChI=1S/C10H8ClNO4S.C10H8ClNO.CH4/c1-16-8-3-2-7-6(4-5-12-10(7)11)9(8)17(13,14)15;1-13-8-2-3-9-7(6-8)4-5-12-10(9)11;/h2-5H,1H3,(H,13,14,15);2-6H,1H3;1H4.